The van der Waals surface area contributed by atoms with E-state index in [9.17, 15) is 18.8 Å². The number of benzene rings is 2. The molecule has 0 bridgehead atoms. The molecule has 2 aromatic rings. The van der Waals surface area contributed by atoms with Crippen LogP contribution in [-0.4, -0.2) is 19.6 Å². The second kappa shape index (κ2) is 9.21. The Balaban J connectivity index is 2.28. The zero-order valence-corrected chi connectivity index (χ0v) is 15.3. The number of carbonyl (C=O) groups excluding carboxylic acids is 1. The number of hydrogen-bond acceptors (Lipinski definition) is 4. The molecule has 0 saturated carbocycles. The number of hydrogen-bond donors (Lipinski definition) is 1. The molecule has 0 unspecified atom stereocenters. The van der Waals surface area contributed by atoms with Gasteiger partial charge in [-0.15, -0.1) is 0 Å². The van der Waals surface area contributed by atoms with Crippen LogP contribution in [0.2, 0.25) is 10.0 Å². The Bertz CT molecular complexity index is 927. The van der Waals surface area contributed by atoms with Crippen molar-refractivity contribution in [3.63, 3.8) is 0 Å². The van der Waals surface area contributed by atoms with Gasteiger partial charge >= 0.3 is 6.61 Å². The van der Waals surface area contributed by atoms with E-state index in [0.29, 0.717) is 5.56 Å². The Hall–Kier alpha value is -2.82. The van der Waals surface area contributed by atoms with Gasteiger partial charge in [-0.05, 0) is 35.9 Å². The minimum atomic E-state index is -3.01. The lowest BCUT2D eigenvalue weighted by molar-refractivity contribution is -0.112. The van der Waals surface area contributed by atoms with Crippen LogP contribution >= 0.6 is 23.2 Å². The fraction of sp³-hybridized carbons (Fsp3) is 0.111. The Morgan fingerprint density at radius 2 is 2.00 bits per heavy atom. The van der Waals surface area contributed by atoms with Gasteiger partial charge in [0.25, 0.3) is 5.91 Å². The third kappa shape index (κ3) is 5.33. The molecule has 0 aliphatic carbocycles. The number of nitrogens with zero attached hydrogens (tertiary/aromatic N) is 1. The molecule has 1 N–H and O–H groups in total. The quantitative estimate of drug-likeness (QED) is 0.525. The molecule has 0 spiro atoms. The summed E-state index contributed by atoms with van der Waals surface area (Å²) in [4.78, 5) is 12.3. The Kier molecular flexibility index (Phi) is 6.99. The highest BCUT2D eigenvalue weighted by atomic mass is 35.5. The molecule has 0 saturated heterocycles. The maximum atomic E-state index is 12.4. The van der Waals surface area contributed by atoms with Crippen LogP contribution in [0.5, 0.6) is 11.5 Å². The maximum Gasteiger partial charge on any atom is 0.387 e. The van der Waals surface area contributed by atoms with Gasteiger partial charge < -0.3 is 14.8 Å². The van der Waals surface area contributed by atoms with Gasteiger partial charge in [-0.25, -0.2) is 0 Å². The molecule has 2 rings (SSSR count). The predicted octanol–water partition coefficient (Wildman–Crippen LogP) is 5.15. The number of amides is 1. The lowest BCUT2D eigenvalue weighted by Gasteiger charge is -2.10. The lowest BCUT2D eigenvalue weighted by atomic mass is 10.1. The van der Waals surface area contributed by atoms with Crippen molar-refractivity contribution in [1.82, 2.24) is 0 Å². The minimum Gasteiger partial charge on any atom is -0.493 e. The minimum absolute atomic E-state index is 0.0274. The van der Waals surface area contributed by atoms with E-state index in [2.05, 4.69) is 10.1 Å². The highest BCUT2D eigenvalue weighted by molar-refractivity contribution is 6.44. The molecule has 2 aromatic carbocycles. The van der Waals surface area contributed by atoms with E-state index in [1.54, 1.807) is 18.2 Å². The average molecular weight is 413 g/mol. The number of nitriles is 1. The maximum absolute atomic E-state index is 12.4. The van der Waals surface area contributed by atoms with Crippen molar-refractivity contribution < 1.29 is 23.0 Å². The molecule has 9 heteroatoms. The Labute approximate surface area is 163 Å². The normalized spacial score (nSPS) is 11.1. The number of nitrogens with one attached hydrogen (secondary N) is 1. The molecule has 5 nitrogen and oxygen atoms in total. The smallest absolute Gasteiger partial charge is 0.387 e. The van der Waals surface area contributed by atoms with Crippen LogP contribution in [0, 0.1) is 11.3 Å². The predicted molar refractivity (Wildman–Crippen MR) is 98.3 cm³/mol. The van der Waals surface area contributed by atoms with Crippen molar-refractivity contribution in [2.75, 3.05) is 12.4 Å². The summed E-state index contributed by atoms with van der Waals surface area (Å²) in [6.07, 6.45) is 1.27. The summed E-state index contributed by atoms with van der Waals surface area (Å²) >= 11 is 11.9. The van der Waals surface area contributed by atoms with Crippen molar-refractivity contribution >= 4 is 40.9 Å². The van der Waals surface area contributed by atoms with E-state index < -0.39 is 12.5 Å². The van der Waals surface area contributed by atoms with Crippen LogP contribution in [0.1, 0.15) is 5.56 Å². The summed E-state index contributed by atoms with van der Waals surface area (Å²) in [5, 5.41) is 12.1. The van der Waals surface area contributed by atoms with Crippen LogP contribution in [0.25, 0.3) is 6.08 Å². The van der Waals surface area contributed by atoms with Gasteiger partial charge in [0, 0.05) is 0 Å². The van der Waals surface area contributed by atoms with Crippen molar-refractivity contribution in [3.8, 4) is 17.6 Å². The van der Waals surface area contributed by atoms with Gasteiger partial charge in [-0.1, -0.05) is 35.3 Å². The van der Waals surface area contributed by atoms with Crippen molar-refractivity contribution in [2.45, 2.75) is 6.61 Å². The zero-order valence-electron chi connectivity index (χ0n) is 13.8. The number of methoxy groups -OCH3 is 1. The van der Waals surface area contributed by atoms with E-state index in [1.165, 1.54) is 37.5 Å². The number of anilines is 1. The molecule has 27 heavy (non-hydrogen) atoms. The highest BCUT2D eigenvalue weighted by Gasteiger charge is 2.14. The summed E-state index contributed by atoms with van der Waals surface area (Å²) in [5.74, 6) is -0.855. The molecule has 1 amide bonds. The third-order valence-corrected chi connectivity index (χ3v) is 4.10. The first kappa shape index (κ1) is 20.5. The van der Waals surface area contributed by atoms with Crippen molar-refractivity contribution in [1.29, 1.82) is 5.26 Å². The zero-order chi connectivity index (χ0) is 20.0. The van der Waals surface area contributed by atoms with Crippen LogP contribution in [0.4, 0.5) is 14.5 Å². The van der Waals surface area contributed by atoms with Crippen LogP contribution < -0.4 is 14.8 Å². The van der Waals surface area contributed by atoms with Gasteiger partial charge in [0.05, 0.1) is 22.8 Å². The van der Waals surface area contributed by atoms with Crippen molar-refractivity contribution in [2.24, 2.45) is 0 Å². The number of halogens is 4. The topological polar surface area (TPSA) is 71.3 Å². The number of carbonyl (C=O) groups is 1. The summed E-state index contributed by atoms with van der Waals surface area (Å²) in [7, 11) is 1.28. The van der Waals surface area contributed by atoms with Crippen LogP contribution in [0.3, 0.4) is 0 Å². The largest absolute Gasteiger partial charge is 0.493 e. The standard InChI is InChI=1S/C18H12Cl2F2N2O3/c1-26-15-8-10(5-6-14(15)27-18(21)22)7-11(9-23)17(25)24-13-4-2-3-12(19)16(13)20/h2-8,18H,1H3,(H,24,25)/b11-7+. The summed E-state index contributed by atoms with van der Waals surface area (Å²) in [6, 6.07) is 10.4. The SMILES string of the molecule is COc1cc(/C=C(\C#N)C(=O)Nc2cccc(Cl)c2Cl)ccc1OC(F)F. The molecule has 0 aromatic heterocycles. The molecule has 0 aliphatic rings. The summed E-state index contributed by atoms with van der Waals surface area (Å²) in [6.45, 7) is -3.01. The molecule has 0 heterocycles. The molecular weight excluding hydrogens is 401 g/mol. The first-order valence-electron chi connectivity index (χ1n) is 7.35. The molecule has 0 fully saturated rings. The number of ether oxygens (including phenoxy) is 2. The molecular formula is C18H12Cl2F2N2O3. The summed E-state index contributed by atoms with van der Waals surface area (Å²) < 4.78 is 34.0. The van der Waals surface area contributed by atoms with Gasteiger partial charge in [-0.2, -0.15) is 14.0 Å². The fourth-order valence-electron chi connectivity index (χ4n) is 2.07. The van der Waals surface area contributed by atoms with Gasteiger partial charge in [-0.3, -0.25) is 4.79 Å². The van der Waals surface area contributed by atoms with Crippen LogP contribution in [-0.2, 0) is 4.79 Å². The van der Waals surface area contributed by atoms with Crippen LogP contribution in [0.15, 0.2) is 42.0 Å². The van der Waals surface area contributed by atoms with E-state index in [-0.39, 0.29) is 32.8 Å². The van der Waals surface area contributed by atoms with E-state index in [0.717, 1.165) is 0 Å². The number of alkyl halides is 2. The second-order valence-corrected chi connectivity index (χ2v) is 5.80. The van der Waals surface area contributed by atoms with E-state index >= 15 is 0 Å². The van der Waals surface area contributed by atoms with Gasteiger partial charge in [0.15, 0.2) is 11.5 Å². The number of rotatable bonds is 6. The monoisotopic (exact) mass is 412 g/mol. The Morgan fingerprint density at radius 3 is 2.63 bits per heavy atom. The molecule has 0 aliphatic heterocycles. The summed E-state index contributed by atoms with van der Waals surface area (Å²) in [5.41, 5.74) is 0.376. The average Bonchev–Trinajstić information content (AvgIpc) is 2.63. The third-order valence-electron chi connectivity index (χ3n) is 3.28. The second-order valence-electron chi connectivity index (χ2n) is 5.01. The first-order valence-corrected chi connectivity index (χ1v) is 8.11. The van der Waals surface area contributed by atoms with Gasteiger partial charge in [0.1, 0.15) is 11.6 Å². The van der Waals surface area contributed by atoms with E-state index in [1.807, 2.05) is 0 Å². The van der Waals surface area contributed by atoms with E-state index in [4.69, 9.17) is 27.9 Å². The molecule has 0 atom stereocenters. The fourth-order valence-corrected chi connectivity index (χ4v) is 2.42. The molecule has 140 valence electrons. The Morgan fingerprint density at radius 1 is 1.26 bits per heavy atom. The first-order chi connectivity index (χ1) is 12.8. The van der Waals surface area contributed by atoms with Crippen molar-refractivity contribution in [3.05, 3.63) is 57.6 Å². The van der Waals surface area contributed by atoms with Gasteiger partial charge in [0.2, 0.25) is 0 Å². The lowest BCUT2D eigenvalue weighted by Crippen LogP contribution is -2.13. The highest BCUT2D eigenvalue weighted by Crippen LogP contribution is 2.31. The molecule has 0 radical (unpaired) electrons.